The van der Waals surface area contributed by atoms with E-state index in [1.54, 1.807) is 0 Å². The zero-order valence-corrected chi connectivity index (χ0v) is 11.9. The summed E-state index contributed by atoms with van der Waals surface area (Å²) in [5.74, 6) is 0.0902. The smallest absolute Gasteiger partial charge is 0.273 e. The van der Waals surface area contributed by atoms with Crippen molar-refractivity contribution in [2.75, 3.05) is 19.0 Å². The number of rotatable bonds is 6. The molecule has 0 heterocycles. The van der Waals surface area contributed by atoms with E-state index in [0.29, 0.717) is 11.7 Å². The van der Waals surface area contributed by atoms with Crippen molar-refractivity contribution in [3.05, 3.63) is 28.3 Å². The molecule has 1 aromatic rings. The van der Waals surface area contributed by atoms with E-state index >= 15 is 0 Å². The molecular weight excluding hydrogens is 274 g/mol. The van der Waals surface area contributed by atoms with Crippen molar-refractivity contribution in [1.82, 2.24) is 5.32 Å². The Morgan fingerprint density at radius 1 is 1.43 bits per heavy atom. The number of ether oxygens (including phenoxy) is 1. The van der Waals surface area contributed by atoms with Crippen molar-refractivity contribution in [3.63, 3.8) is 0 Å². The van der Waals surface area contributed by atoms with Gasteiger partial charge in [-0.15, -0.1) is 0 Å². The summed E-state index contributed by atoms with van der Waals surface area (Å²) in [6, 6.07) is 4.52. The molecule has 1 aliphatic rings. The van der Waals surface area contributed by atoms with Crippen molar-refractivity contribution < 1.29 is 14.5 Å². The number of benzene rings is 1. The Morgan fingerprint density at radius 3 is 2.76 bits per heavy atom. The van der Waals surface area contributed by atoms with Gasteiger partial charge in [-0.05, 0) is 18.9 Å². The van der Waals surface area contributed by atoms with Gasteiger partial charge in [0.25, 0.3) is 5.69 Å². The van der Waals surface area contributed by atoms with Crippen molar-refractivity contribution in [1.29, 1.82) is 0 Å². The quantitative estimate of drug-likeness (QED) is 0.618. The minimum atomic E-state index is -0.504. The molecule has 7 heteroatoms. The highest BCUT2D eigenvalue weighted by molar-refractivity contribution is 5.93. The monoisotopic (exact) mass is 293 g/mol. The van der Waals surface area contributed by atoms with Gasteiger partial charge in [0.1, 0.15) is 5.75 Å². The Kier molecular flexibility index (Phi) is 5.10. The topological polar surface area (TPSA) is 93.5 Å². The van der Waals surface area contributed by atoms with E-state index in [1.165, 1.54) is 38.2 Å². The summed E-state index contributed by atoms with van der Waals surface area (Å²) in [6.45, 7) is 0.227. The highest BCUT2D eigenvalue weighted by atomic mass is 16.6. The fourth-order valence-corrected chi connectivity index (χ4v) is 2.46. The number of nitrogens with one attached hydrogen (secondary N) is 2. The van der Waals surface area contributed by atoms with Gasteiger partial charge >= 0.3 is 0 Å². The lowest BCUT2D eigenvalue weighted by atomic mass is 10.2. The summed E-state index contributed by atoms with van der Waals surface area (Å²) in [7, 11) is 1.41. The molecule has 1 saturated carbocycles. The van der Waals surface area contributed by atoms with Gasteiger partial charge in [0.15, 0.2) is 0 Å². The largest absolute Gasteiger partial charge is 0.494 e. The van der Waals surface area contributed by atoms with Crippen LogP contribution in [-0.4, -0.2) is 30.5 Å². The van der Waals surface area contributed by atoms with Gasteiger partial charge in [0.2, 0.25) is 5.91 Å². The molecule has 2 rings (SSSR count). The molecule has 0 radical (unpaired) electrons. The molecule has 7 nitrogen and oxygen atoms in total. The highest BCUT2D eigenvalue weighted by Crippen LogP contribution is 2.28. The molecule has 0 saturated heterocycles. The molecule has 0 aromatic heterocycles. The van der Waals surface area contributed by atoms with Gasteiger partial charge in [-0.25, -0.2) is 0 Å². The van der Waals surface area contributed by atoms with Crippen LogP contribution >= 0.6 is 0 Å². The van der Waals surface area contributed by atoms with Crippen LogP contribution in [0.25, 0.3) is 0 Å². The fraction of sp³-hybridized carbons (Fsp3) is 0.500. The first-order valence-electron chi connectivity index (χ1n) is 6.96. The SMILES string of the molecule is COc1cc([N+](=O)[O-])ccc1NC(=O)CNC1CCCC1. The first-order chi connectivity index (χ1) is 10.1. The number of anilines is 1. The molecule has 114 valence electrons. The van der Waals surface area contributed by atoms with Crippen LogP contribution in [0.5, 0.6) is 5.75 Å². The molecule has 0 unspecified atom stereocenters. The first-order valence-corrected chi connectivity index (χ1v) is 6.96. The van der Waals surface area contributed by atoms with E-state index < -0.39 is 4.92 Å². The molecule has 1 aliphatic carbocycles. The van der Waals surface area contributed by atoms with Crippen molar-refractivity contribution in [3.8, 4) is 5.75 Å². The van der Waals surface area contributed by atoms with E-state index in [1.807, 2.05) is 0 Å². The van der Waals surface area contributed by atoms with Crippen LogP contribution < -0.4 is 15.4 Å². The van der Waals surface area contributed by atoms with Gasteiger partial charge < -0.3 is 15.4 Å². The van der Waals surface area contributed by atoms with Crippen LogP contribution in [0.1, 0.15) is 25.7 Å². The standard InChI is InChI=1S/C14H19N3O4/c1-21-13-8-11(17(19)20)6-7-12(13)16-14(18)9-15-10-4-2-3-5-10/h6-8,10,15H,2-5,9H2,1H3,(H,16,18). The van der Waals surface area contributed by atoms with Crippen LogP contribution in [0.3, 0.4) is 0 Å². The number of methoxy groups -OCH3 is 1. The maximum atomic E-state index is 11.9. The third-order valence-corrected chi connectivity index (χ3v) is 3.58. The molecule has 1 fully saturated rings. The van der Waals surface area contributed by atoms with Gasteiger partial charge in [-0.3, -0.25) is 14.9 Å². The van der Waals surface area contributed by atoms with Crippen LogP contribution in [0.4, 0.5) is 11.4 Å². The summed E-state index contributed by atoms with van der Waals surface area (Å²) in [5.41, 5.74) is 0.357. The third kappa shape index (κ3) is 4.16. The zero-order valence-electron chi connectivity index (χ0n) is 11.9. The molecule has 2 N–H and O–H groups in total. The fourth-order valence-electron chi connectivity index (χ4n) is 2.46. The summed E-state index contributed by atoms with van der Waals surface area (Å²) < 4.78 is 5.08. The minimum Gasteiger partial charge on any atom is -0.494 e. The number of carbonyl (C=O) groups is 1. The lowest BCUT2D eigenvalue weighted by molar-refractivity contribution is -0.384. The molecule has 0 spiro atoms. The van der Waals surface area contributed by atoms with E-state index in [0.717, 1.165) is 12.8 Å². The maximum Gasteiger partial charge on any atom is 0.273 e. The summed E-state index contributed by atoms with van der Waals surface area (Å²) in [6.07, 6.45) is 4.62. The van der Waals surface area contributed by atoms with Gasteiger partial charge in [-0.2, -0.15) is 0 Å². The molecule has 1 amide bonds. The summed E-state index contributed by atoms with van der Waals surface area (Å²) in [4.78, 5) is 22.1. The zero-order chi connectivity index (χ0) is 15.2. The number of nitro benzene ring substituents is 1. The van der Waals surface area contributed by atoms with Crippen LogP contribution in [-0.2, 0) is 4.79 Å². The maximum absolute atomic E-state index is 11.9. The Balaban J connectivity index is 1.94. The van der Waals surface area contributed by atoms with Crippen molar-refractivity contribution in [2.45, 2.75) is 31.7 Å². The second-order valence-electron chi connectivity index (χ2n) is 5.05. The second kappa shape index (κ2) is 7.03. The molecular formula is C14H19N3O4. The number of nitro groups is 1. The average Bonchev–Trinajstić information content (AvgIpc) is 2.98. The van der Waals surface area contributed by atoms with E-state index in [9.17, 15) is 14.9 Å². The predicted molar refractivity (Wildman–Crippen MR) is 78.5 cm³/mol. The lowest BCUT2D eigenvalue weighted by Crippen LogP contribution is -2.34. The third-order valence-electron chi connectivity index (χ3n) is 3.58. The van der Waals surface area contributed by atoms with Gasteiger partial charge in [0, 0.05) is 12.1 Å². The lowest BCUT2D eigenvalue weighted by Gasteiger charge is -2.13. The van der Waals surface area contributed by atoms with E-state index in [2.05, 4.69) is 10.6 Å². The normalized spacial score (nSPS) is 14.9. The van der Waals surface area contributed by atoms with Crippen molar-refractivity contribution >= 4 is 17.3 Å². The molecule has 21 heavy (non-hydrogen) atoms. The molecule has 1 aromatic carbocycles. The number of amides is 1. The van der Waals surface area contributed by atoms with Crippen LogP contribution in [0.15, 0.2) is 18.2 Å². The minimum absolute atomic E-state index is 0.0751. The Labute approximate surface area is 122 Å². The first kappa shape index (κ1) is 15.2. The Hall–Kier alpha value is -2.15. The number of non-ortho nitro benzene ring substituents is 1. The molecule has 0 atom stereocenters. The predicted octanol–water partition coefficient (Wildman–Crippen LogP) is 2.07. The van der Waals surface area contributed by atoms with Crippen LogP contribution in [0, 0.1) is 10.1 Å². The van der Waals surface area contributed by atoms with Gasteiger partial charge in [-0.1, -0.05) is 12.8 Å². The highest BCUT2D eigenvalue weighted by Gasteiger charge is 2.17. The Morgan fingerprint density at radius 2 is 2.14 bits per heavy atom. The van der Waals surface area contributed by atoms with Crippen molar-refractivity contribution in [2.24, 2.45) is 0 Å². The number of carbonyl (C=O) groups excluding carboxylic acids is 1. The number of hydrogen-bond donors (Lipinski definition) is 2. The molecule has 0 aliphatic heterocycles. The molecule has 0 bridgehead atoms. The Bertz CT molecular complexity index is 527. The number of hydrogen-bond acceptors (Lipinski definition) is 5. The summed E-state index contributed by atoms with van der Waals surface area (Å²) >= 11 is 0. The number of nitrogens with zero attached hydrogens (tertiary/aromatic N) is 1. The summed E-state index contributed by atoms with van der Waals surface area (Å²) in [5, 5.41) is 16.6. The average molecular weight is 293 g/mol. The van der Waals surface area contributed by atoms with Crippen LogP contribution in [0.2, 0.25) is 0 Å². The second-order valence-corrected chi connectivity index (χ2v) is 5.05. The van der Waals surface area contributed by atoms with E-state index in [4.69, 9.17) is 4.74 Å². The van der Waals surface area contributed by atoms with E-state index in [-0.39, 0.29) is 23.9 Å². The van der Waals surface area contributed by atoms with Gasteiger partial charge in [0.05, 0.1) is 30.3 Å².